The first-order valence-electron chi connectivity index (χ1n) is 10.8. The minimum absolute atomic E-state index is 0.299. The monoisotopic (exact) mass is 463 g/mol. The highest BCUT2D eigenvalue weighted by Crippen LogP contribution is 2.36. The fourth-order valence-corrected chi connectivity index (χ4v) is 4.69. The van der Waals surface area contributed by atoms with Gasteiger partial charge in [0.05, 0.1) is 11.9 Å². The summed E-state index contributed by atoms with van der Waals surface area (Å²) in [6.45, 7) is 10.0. The molecule has 0 atom stereocenters. The van der Waals surface area contributed by atoms with Crippen molar-refractivity contribution in [2.24, 2.45) is 5.73 Å². The second-order valence-corrected chi connectivity index (χ2v) is 9.07. The predicted octanol–water partition coefficient (Wildman–Crippen LogP) is 4.71. The molecule has 0 unspecified atom stereocenters. The Hall–Kier alpha value is -2.09. The van der Waals surface area contributed by atoms with Crippen molar-refractivity contribution in [2.45, 2.75) is 40.7 Å². The van der Waals surface area contributed by atoms with Crippen molar-refractivity contribution >= 4 is 39.6 Å². The maximum atomic E-state index is 11.7. The van der Waals surface area contributed by atoms with Gasteiger partial charge in [-0.2, -0.15) is 0 Å². The molecule has 1 fully saturated rings. The number of fused-ring (bicyclic) bond motifs is 1. The fourth-order valence-electron chi connectivity index (χ4n) is 3.40. The molecule has 0 amide bonds. The van der Waals surface area contributed by atoms with E-state index in [0.29, 0.717) is 34.4 Å². The lowest BCUT2D eigenvalue weighted by molar-refractivity contribution is 0.672. The summed E-state index contributed by atoms with van der Waals surface area (Å²) >= 11 is 6.42. The number of anilines is 2. The maximum absolute atomic E-state index is 11.7. The summed E-state index contributed by atoms with van der Waals surface area (Å²) in [5, 5.41) is 0.649. The van der Waals surface area contributed by atoms with E-state index in [4.69, 9.17) is 23.1 Å². The number of pyridine rings is 1. The highest BCUT2D eigenvalue weighted by Gasteiger charge is 2.22. The Kier molecular flexibility index (Phi) is 9.81. The number of nitrogens with zero attached hydrogens (tertiary/aromatic N) is 3. The van der Waals surface area contributed by atoms with E-state index in [1.54, 1.807) is 0 Å². The highest BCUT2D eigenvalue weighted by molar-refractivity contribution is 7.85. The van der Waals surface area contributed by atoms with E-state index < -0.39 is 10.8 Å². The zero-order valence-electron chi connectivity index (χ0n) is 18.9. The maximum Gasteiger partial charge on any atom is 0.162 e. The van der Waals surface area contributed by atoms with Crippen molar-refractivity contribution in [1.29, 1.82) is 0 Å². The van der Waals surface area contributed by atoms with Gasteiger partial charge in [0, 0.05) is 69.8 Å². The molecule has 8 heteroatoms. The molecule has 170 valence electrons. The van der Waals surface area contributed by atoms with Crippen LogP contribution in [0.1, 0.15) is 39.7 Å². The van der Waals surface area contributed by atoms with Crippen LogP contribution in [-0.4, -0.2) is 38.2 Å². The van der Waals surface area contributed by atoms with Crippen molar-refractivity contribution < 1.29 is 4.21 Å². The smallest absolute Gasteiger partial charge is 0.162 e. The van der Waals surface area contributed by atoms with Crippen LogP contribution in [0, 0.1) is 0 Å². The molecule has 6 nitrogen and oxygen atoms in total. The largest absolute Gasteiger partial charge is 0.395 e. The van der Waals surface area contributed by atoms with Crippen molar-refractivity contribution in [1.82, 2.24) is 9.38 Å². The van der Waals surface area contributed by atoms with Crippen molar-refractivity contribution in [3.63, 3.8) is 0 Å². The van der Waals surface area contributed by atoms with Gasteiger partial charge >= 0.3 is 0 Å². The van der Waals surface area contributed by atoms with Crippen LogP contribution in [0.3, 0.4) is 0 Å². The van der Waals surface area contributed by atoms with Gasteiger partial charge < -0.3 is 16.4 Å². The number of benzene rings is 1. The highest BCUT2D eigenvalue weighted by atomic mass is 35.5. The Morgan fingerprint density at radius 1 is 1.13 bits per heavy atom. The number of hydrogen-bond acceptors (Lipinski definition) is 5. The second-order valence-electron chi connectivity index (χ2n) is 6.97. The van der Waals surface area contributed by atoms with Crippen LogP contribution in [0.25, 0.3) is 16.8 Å². The van der Waals surface area contributed by atoms with E-state index in [1.807, 2.05) is 54.9 Å². The van der Waals surface area contributed by atoms with E-state index in [2.05, 4.69) is 23.7 Å². The summed E-state index contributed by atoms with van der Waals surface area (Å²) in [5.74, 6) is 2.28. The molecule has 1 aliphatic heterocycles. The third-order valence-corrected chi connectivity index (χ3v) is 6.40. The van der Waals surface area contributed by atoms with E-state index in [1.165, 1.54) is 6.42 Å². The van der Waals surface area contributed by atoms with Crippen LogP contribution in [-0.2, 0) is 17.3 Å². The van der Waals surface area contributed by atoms with Crippen molar-refractivity contribution in [3.05, 3.63) is 47.2 Å². The van der Waals surface area contributed by atoms with E-state index in [9.17, 15) is 4.21 Å². The molecule has 0 radical (unpaired) electrons. The number of rotatable bonds is 3. The summed E-state index contributed by atoms with van der Waals surface area (Å²) < 4.78 is 13.7. The summed E-state index contributed by atoms with van der Waals surface area (Å²) in [7, 11) is -0.733. The van der Waals surface area contributed by atoms with Gasteiger partial charge in [0.2, 0.25) is 0 Å². The molecule has 3 aromatic rings. The minimum atomic E-state index is -0.733. The van der Waals surface area contributed by atoms with Gasteiger partial charge in [-0.3, -0.25) is 8.61 Å². The second kappa shape index (κ2) is 12.1. The van der Waals surface area contributed by atoms with Gasteiger partial charge in [-0.1, -0.05) is 63.9 Å². The number of halogens is 1. The molecule has 0 saturated carbocycles. The Labute approximate surface area is 193 Å². The fraction of sp³-hybridized carbons (Fsp3) is 0.435. The molecule has 0 spiro atoms. The first-order chi connectivity index (χ1) is 15.0. The SMILES string of the molecule is CC.CCC.NCc1c(-c2ccccc2Cl)cn2c(N3CCS(=O)CC3)cnc2c1N. The van der Waals surface area contributed by atoms with Gasteiger partial charge in [-0.25, -0.2) is 4.98 Å². The molecule has 1 aliphatic rings. The van der Waals surface area contributed by atoms with Crippen LogP contribution >= 0.6 is 11.6 Å². The molecule has 31 heavy (non-hydrogen) atoms. The van der Waals surface area contributed by atoms with Gasteiger partial charge in [0.1, 0.15) is 5.82 Å². The van der Waals surface area contributed by atoms with Crippen LogP contribution in [0.4, 0.5) is 11.5 Å². The number of nitrogen functional groups attached to an aromatic ring is 1. The molecule has 3 heterocycles. The van der Waals surface area contributed by atoms with Gasteiger partial charge in [-0.15, -0.1) is 0 Å². The lowest BCUT2D eigenvalue weighted by Crippen LogP contribution is -2.38. The molecule has 0 bridgehead atoms. The molecule has 1 saturated heterocycles. The molecule has 2 aromatic heterocycles. The van der Waals surface area contributed by atoms with Gasteiger partial charge in [-0.05, 0) is 6.07 Å². The number of imidazole rings is 1. The minimum Gasteiger partial charge on any atom is -0.395 e. The standard InChI is InChI=1S/C18H20ClN5OS.C3H8.C2H6/c19-15-4-2-1-3-12(15)14-11-24-16(23-5-7-26(25)8-6-23)10-22-18(24)17(21)13(14)9-20;1-3-2;1-2/h1-4,10-11H,5-9,20-21H2;3H2,1-2H3;1-2H3. The topological polar surface area (TPSA) is 89.7 Å². The van der Waals surface area contributed by atoms with E-state index in [0.717, 1.165) is 35.6 Å². The third kappa shape index (κ3) is 5.59. The van der Waals surface area contributed by atoms with Gasteiger partial charge in [0.25, 0.3) is 0 Å². The Morgan fingerprint density at radius 3 is 2.32 bits per heavy atom. The molecular formula is C23H34ClN5OS. The Balaban J connectivity index is 0.000000630. The summed E-state index contributed by atoms with van der Waals surface area (Å²) in [4.78, 5) is 6.70. The molecular weight excluding hydrogens is 430 g/mol. The quantitative estimate of drug-likeness (QED) is 0.587. The summed E-state index contributed by atoms with van der Waals surface area (Å²) in [6.07, 6.45) is 5.07. The van der Waals surface area contributed by atoms with Crippen LogP contribution < -0.4 is 16.4 Å². The van der Waals surface area contributed by atoms with Gasteiger partial charge in [0.15, 0.2) is 5.65 Å². The normalized spacial score (nSPS) is 13.9. The lowest BCUT2D eigenvalue weighted by atomic mass is 10.0. The van der Waals surface area contributed by atoms with Crippen molar-refractivity contribution in [2.75, 3.05) is 35.2 Å². The molecule has 0 aliphatic carbocycles. The molecule has 4 rings (SSSR count). The average Bonchev–Trinajstić information content (AvgIpc) is 3.21. The number of nitrogens with two attached hydrogens (primary N) is 2. The van der Waals surface area contributed by atoms with Crippen molar-refractivity contribution in [3.8, 4) is 11.1 Å². The predicted molar refractivity (Wildman–Crippen MR) is 135 cm³/mol. The first kappa shape index (κ1) is 25.2. The van der Waals surface area contributed by atoms with Crippen LogP contribution in [0.2, 0.25) is 5.02 Å². The summed E-state index contributed by atoms with van der Waals surface area (Å²) in [5.41, 5.74) is 16.3. The van der Waals surface area contributed by atoms with E-state index in [-0.39, 0.29) is 0 Å². The average molecular weight is 464 g/mol. The van der Waals surface area contributed by atoms with Crippen LogP contribution in [0.15, 0.2) is 36.7 Å². The molecule has 4 N–H and O–H groups in total. The number of hydrogen-bond donors (Lipinski definition) is 2. The summed E-state index contributed by atoms with van der Waals surface area (Å²) in [6, 6.07) is 7.65. The zero-order valence-corrected chi connectivity index (χ0v) is 20.5. The third-order valence-electron chi connectivity index (χ3n) is 4.80. The lowest BCUT2D eigenvalue weighted by Gasteiger charge is -2.27. The first-order valence-corrected chi connectivity index (χ1v) is 12.7. The van der Waals surface area contributed by atoms with Crippen LogP contribution in [0.5, 0.6) is 0 Å². The zero-order chi connectivity index (χ0) is 23.0. The van der Waals surface area contributed by atoms with E-state index >= 15 is 0 Å². The Bertz CT molecular complexity index is 1010. The number of aromatic nitrogens is 2. The molecule has 1 aromatic carbocycles. The Morgan fingerprint density at radius 2 is 1.74 bits per heavy atom.